The second-order valence-corrected chi connectivity index (χ2v) is 19.7. The van der Waals surface area contributed by atoms with Gasteiger partial charge in [-0.2, -0.15) is 0 Å². The van der Waals surface area contributed by atoms with E-state index in [2.05, 4.69) is 15.1 Å². The number of nitrogens with zero attached hydrogens (tertiary/aromatic N) is 5. The Labute approximate surface area is 401 Å². The van der Waals surface area contributed by atoms with Gasteiger partial charge >= 0.3 is 6.03 Å². The Kier molecular flexibility index (Phi) is 14.8. The first kappa shape index (κ1) is 49.0. The van der Waals surface area contributed by atoms with Crippen LogP contribution in [-0.4, -0.2) is 88.0 Å². The summed E-state index contributed by atoms with van der Waals surface area (Å²) in [6.07, 6.45) is 1.20. The Morgan fingerprint density at radius 1 is 0.941 bits per heavy atom. The second kappa shape index (κ2) is 20.5. The van der Waals surface area contributed by atoms with Crippen LogP contribution in [0.2, 0.25) is 0 Å². The number of Topliss-reactive ketones (excluding diaryl/α,β-unsaturated/α-hetero) is 1. The zero-order valence-corrected chi connectivity index (χ0v) is 40.4. The number of aliphatic hydroxyl groups excluding tert-OH is 1. The highest BCUT2D eigenvalue weighted by Gasteiger charge is 2.53. The first-order chi connectivity index (χ1) is 32.4. The number of carbonyl (C=O) groups is 5. The van der Waals surface area contributed by atoms with Crippen LogP contribution in [0.1, 0.15) is 87.5 Å². The van der Waals surface area contributed by atoms with Crippen molar-refractivity contribution in [2.45, 2.75) is 104 Å². The van der Waals surface area contributed by atoms with Gasteiger partial charge in [-0.15, -0.1) is 11.3 Å². The lowest BCUT2D eigenvalue weighted by Gasteiger charge is -2.35. The summed E-state index contributed by atoms with van der Waals surface area (Å²) in [5, 5.41) is 13.7. The number of nitrogens with one attached hydrogen (secondary N) is 1. The standard InChI is InChI=1S/C53H58N6O8S/c1-33-29-38(22-25-42(33)54-8)58-50(64)53(6,7)59(51(58)65)37-20-23-40(24-21-37)66-27-11-12-28-67-45-14-10-9-13-41(45)48(62)56-47(52(3,4)5)49(63)57-31-39(60)30-43(57)44(61)26-17-35-15-18-36(19-16-35)46-34(2)55-32-68-46/h9-10,13-16,18-25,29,32,39,43,47,60H,11-12,17,26-28,30-31H2,1-7H3,(H,56,62)/t39-,43+,47-/m1/s1. The number of aliphatic hydroxyl groups is 1. The van der Waals surface area contributed by atoms with Crippen LogP contribution in [0.25, 0.3) is 15.3 Å². The van der Waals surface area contributed by atoms with Crippen LogP contribution in [0.5, 0.6) is 11.5 Å². The van der Waals surface area contributed by atoms with Gasteiger partial charge in [0.15, 0.2) is 11.5 Å². The van der Waals surface area contributed by atoms with Crippen LogP contribution in [0.15, 0.2) is 96.5 Å². The quantitative estimate of drug-likeness (QED) is 0.0526. The maximum absolute atomic E-state index is 14.3. The predicted molar refractivity (Wildman–Crippen MR) is 262 cm³/mol. The van der Waals surface area contributed by atoms with Gasteiger partial charge in [0.05, 0.1) is 59.3 Å². The SMILES string of the molecule is [C-]#[N+]c1ccc(N2C(=O)N(c3ccc(OCCCCOc4ccccc4C(=O)N[C@H](C(=O)N4C[C@H](O)C[C@H]4C(=O)CCc4ccc(-c5scnc5C)cc4)C(C)(C)C)cc3)C(C)(C)C2=O)cc1C. The number of ketones is 1. The molecule has 0 bridgehead atoms. The summed E-state index contributed by atoms with van der Waals surface area (Å²) >= 11 is 1.58. The fraction of sp³-hybridized carbons (Fsp3) is 0.377. The summed E-state index contributed by atoms with van der Waals surface area (Å²) in [5.41, 5.74) is 5.29. The fourth-order valence-electron chi connectivity index (χ4n) is 8.63. The van der Waals surface area contributed by atoms with Crippen molar-refractivity contribution in [2.24, 2.45) is 5.41 Å². The van der Waals surface area contributed by atoms with Crippen LogP contribution >= 0.6 is 11.3 Å². The fourth-order valence-corrected chi connectivity index (χ4v) is 9.44. The molecule has 3 heterocycles. The van der Waals surface area contributed by atoms with Crippen molar-refractivity contribution < 1.29 is 38.6 Å². The maximum atomic E-state index is 14.3. The minimum Gasteiger partial charge on any atom is -0.494 e. The molecular weight excluding hydrogens is 881 g/mol. The lowest BCUT2D eigenvalue weighted by molar-refractivity contribution is -0.141. The number of carbonyl (C=O) groups excluding carboxylic acids is 5. The topological polar surface area (TPSA) is 163 Å². The number of amides is 5. The molecule has 2 aliphatic heterocycles. The molecule has 7 rings (SSSR count). The predicted octanol–water partition coefficient (Wildman–Crippen LogP) is 9.28. The van der Waals surface area contributed by atoms with E-state index >= 15 is 0 Å². The number of rotatable bonds is 17. The van der Waals surface area contributed by atoms with E-state index in [1.165, 1.54) is 9.80 Å². The largest absolute Gasteiger partial charge is 0.494 e. The zero-order valence-electron chi connectivity index (χ0n) is 39.6. The van der Waals surface area contributed by atoms with Crippen molar-refractivity contribution in [1.29, 1.82) is 0 Å². The number of aryl methyl sites for hydroxylation is 3. The van der Waals surface area contributed by atoms with E-state index in [-0.39, 0.29) is 43.2 Å². The molecule has 2 N–H and O–H groups in total. The molecule has 4 aromatic carbocycles. The molecule has 5 aromatic rings. The minimum atomic E-state index is -1.15. The number of β-amino-alcohol motifs (C(OH)–C–C–N with tert-alkyl or cyclic N) is 1. The van der Waals surface area contributed by atoms with Crippen molar-refractivity contribution >= 4 is 57.9 Å². The van der Waals surface area contributed by atoms with Gasteiger partial charge in [-0.3, -0.25) is 24.1 Å². The Bertz CT molecular complexity index is 2720. The molecule has 14 nitrogen and oxygen atoms in total. The highest BCUT2D eigenvalue weighted by molar-refractivity contribution is 7.13. The van der Waals surface area contributed by atoms with Crippen molar-refractivity contribution in [3.63, 3.8) is 0 Å². The van der Waals surface area contributed by atoms with Gasteiger partial charge in [0, 0.05) is 25.1 Å². The lowest BCUT2D eigenvalue weighted by atomic mass is 9.85. The van der Waals surface area contributed by atoms with E-state index in [0.29, 0.717) is 60.0 Å². The Morgan fingerprint density at radius 3 is 2.26 bits per heavy atom. The van der Waals surface area contributed by atoms with Gasteiger partial charge in [-0.25, -0.2) is 19.5 Å². The Morgan fingerprint density at radius 2 is 1.62 bits per heavy atom. The second-order valence-electron chi connectivity index (χ2n) is 18.9. The molecule has 0 radical (unpaired) electrons. The number of anilines is 2. The van der Waals surface area contributed by atoms with Crippen molar-refractivity contribution in [1.82, 2.24) is 15.2 Å². The average Bonchev–Trinajstić information content (AvgIpc) is 3.98. The Balaban J connectivity index is 0.900. The lowest BCUT2D eigenvalue weighted by Crippen LogP contribution is -2.56. The summed E-state index contributed by atoms with van der Waals surface area (Å²) < 4.78 is 12.1. The van der Waals surface area contributed by atoms with E-state index in [0.717, 1.165) is 26.6 Å². The van der Waals surface area contributed by atoms with Crippen LogP contribution in [-0.2, 0) is 20.8 Å². The van der Waals surface area contributed by atoms with Gasteiger partial charge in [-0.1, -0.05) is 63.2 Å². The molecule has 2 fully saturated rings. The third-order valence-electron chi connectivity index (χ3n) is 12.5. The number of imide groups is 1. The summed E-state index contributed by atoms with van der Waals surface area (Å²) in [6, 6.07) is 24.4. The number of urea groups is 1. The molecule has 354 valence electrons. The zero-order chi connectivity index (χ0) is 48.9. The van der Waals surface area contributed by atoms with Crippen LogP contribution in [0, 0.1) is 25.8 Å². The summed E-state index contributed by atoms with van der Waals surface area (Å²) in [4.78, 5) is 82.1. The number of thiazole rings is 1. The molecule has 2 saturated heterocycles. The first-order valence-corrected chi connectivity index (χ1v) is 23.7. The van der Waals surface area contributed by atoms with Crippen LogP contribution in [0.4, 0.5) is 21.9 Å². The molecule has 68 heavy (non-hydrogen) atoms. The van der Waals surface area contributed by atoms with Crippen LogP contribution in [0.3, 0.4) is 0 Å². The monoisotopic (exact) mass is 938 g/mol. The van der Waals surface area contributed by atoms with Crippen molar-refractivity contribution in [3.8, 4) is 21.9 Å². The average molecular weight is 939 g/mol. The normalized spacial score (nSPS) is 17.2. The minimum absolute atomic E-state index is 0.00326. The molecule has 2 aliphatic rings. The molecule has 0 saturated carbocycles. The molecule has 0 unspecified atom stereocenters. The van der Waals surface area contributed by atoms with E-state index in [1.807, 2.05) is 57.5 Å². The van der Waals surface area contributed by atoms with E-state index in [9.17, 15) is 29.1 Å². The number of likely N-dealkylation sites (tertiary alicyclic amines) is 1. The van der Waals surface area contributed by atoms with Gasteiger partial charge in [0.25, 0.3) is 11.8 Å². The number of para-hydroxylation sites is 1. The third kappa shape index (κ3) is 10.6. The highest BCUT2D eigenvalue weighted by atomic mass is 32.1. The van der Waals surface area contributed by atoms with E-state index < -0.39 is 47.0 Å². The molecule has 0 spiro atoms. The number of unbranched alkanes of at least 4 members (excludes halogenated alkanes) is 1. The number of ether oxygens (including phenoxy) is 2. The first-order valence-electron chi connectivity index (χ1n) is 22.8. The van der Waals surface area contributed by atoms with Gasteiger partial charge in [0.1, 0.15) is 23.1 Å². The molecule has 0 aliphatic carbocycles. The van der Waals surface area contributed by atoms with E-state index in [4.69, 9.17) is 16.0 Å². The summed E-state index contributed by atoms with van der Waals surface area (Å²) in [6.45, 7) is 20.7. The van der Waals surface area contributed by atoms with Crippen LogP contribution < -0.4 is 24.6 Å². The molecule has 1 aromatic heterocycles. The van der Waals surface area contributed by atoms with Crippen molar-refractivity contribution in [2.75, 3.05) is 29.6 Å². The number of hydrogen-bond acceptors (Lipinski definition) is 10. The van der Waals surface area contributed by atoms with Gasteiger partial charge in [-0.05, 0) is 118 Å². The van der Waals surface area contributed by atoms with E-state index in [1.54, 1.807) is 98.8 Å². The Hall–Kier alpha value is -6.89. The van der Waals surface area contributed by atoms with Gasteiger partial charge in [0.2, 0.25) is 5.91 Å². The molecular formula is C53H58N6O8S. The molecule has 3 atom stereocenters. The third-order valence-corrected chi connectivity index (χ3v) is 13.4. The molecule has 15 heteroatoms. The molecule has 5 amide bonds. The van der Waals surface area contributed by atoms with Crippen molar-refractivity contribution in [3.05, 3.63) is 130 Å². The number of benzene rings is 4. The highest BCUT2D eigenvalue weighted by Crippen LogP contribution is 2.38. The van der Waals surface area contributed by atoms with Gasteiger partial charge < -0.3 is 24.8 Å². The number of aromatic nitrogens is 1. The smallest absolute Gasteiger partial charge is 0.336 e. The summed E-state index contributed by atoms with van der Waals surface area (Å²) in [7, 11) is 0. The maximum Gasteiger partial charge on any atom is 0.336 e. The summed E-state index contributed by atoms with van der Waals surface area (Å²) in [5.74, 6) is -0.497. The number of hydrogen-bond donors (Lipinski definition) is 2.